The Kier molecular flexibility index (Phi) is 5.20. The lowest BCUT2D eigenvalue weighted by Crippen LogP contribution is -2.47. The van der Waals surface area contributed by atoms with Crippen LogP contribution in [0.2, 0.25) is 0 Å². The summed E-state index contributed by atoms with van der Waals surface area (Å²) in [5, 5.41) is 15.6. The fourth-order valence-corrected chi connectivity index (χ4v) is 5.59. The van der Waals surface area contributed by atoms with Crippen LogP contribution in [0.15, 0.2) is 10.9 Å². The number of rotatable bonds is 4. The van der Waals surface area contributed by atoms with E-state index in [9.17, 15) is 9.90 Å². The highest BCUT2D eigenvalue weighted by molar-refractivity contribution is 7.98. The van der Waals surface area contributed by atoms with Gasteiger partial charge in [0.1, 0.15) is 0 Å². The van der Waals surface area contributed by atoms with E-state index in [1.807, 2.05) is 11.8 Å². The summed E-state index contributed by atoms with van der Waals surface area (Å²) < 4.78 is 1.68. The highest BCUT2D eigenvalue weighted by Gasteiger charge is 2.35. The topological polar surface area (TPSA) is 58.4 Å². The third-order valence-electron chi connectivity index (χ3n) is 6.07. The lowest BCUT2D eigenvalue weighted by atomic mass is 9.84. The quantitative estimate of drug-likeness (QED) is 0.889. The number of thioether (sulfide) groups is 1. The molecule has 3 heterocycles. The first-order valence-electron chi connectivity index (χ1n) is 9.77. The van der Waals surface area contributed by atoms with Gasteiger partial charge in [-0.15, -0.1) is 0 Å². The lowest BCUT2D eigenvalue weighted by molar-refractivity contribution is -0.0305. The van der Waals surface area contributed by atoms with E-state index >= 15 is 0 Å². The maximum Gasteiger partial charge on any atom is 0.267 e. The van der Waals surface area contributed by atoms with Gasteiger partial charge < -0.3 is 5.11 Å². The number of hydrogen-bond donors (Lipinski definition) is 1. The van der Waals surface area contributed by atoms with E-state index in [2.05, 4.69) is 10.00 Å². The molecule has 1 atom stereocenters. The van der Waals surface area contributed by atoms with Gasteiger partial charge in [0, 0.05) is 30.8 Å². The molecule has 2 fully saturated rings. The Morgan fingerprint density at radius 2 is 2.12 bits per heavy atom. The Labute approximate surface area is 153 Å². The second-order valence-electron chi connectivity index (χ2n) is 7.99. The molecule has 6 heteroatoms. The zero-order valence-corrected chi connectivity index (χ0v) is 15.8. The molecule has 25 heavy (non-hydrogen) atoms. The lowest BCUT2D eigenvalue weighted by Gasteiger charge is -2.37. The molecule has 1 saturated heterocycles. The van der Waals surface area contributed by atoms with Crippen molar-refractivity contribution in [2.24, 2.45) is 0 Å². The van der Waals surface area contributed by atoms with Gasteiger partial charge in [-0.2, -0.15) is 16.9 Å². The predicted octanol–water partition coefficient (Wildman–Crippen LogP) is 2.19. The van der Waals surface area contributed by atoms with Crippen LogP contribution in [0, 0.1) is 0 Å². The Morgan fingerprint density at radius 3 is 2.96 bits per heavy atom. The van der Waals surface area contributed by atoms with Gasteiger partial charge in [-0.3, -0.25) is 9.69 Å². The summed E-state index contributed by atoms with van der Waals surface area (Å²) in [5.74, 6) is 2.02. The number of likely N-dealkylation sites (tertiary alicyclic amines) is 1. The van der Waals surface area contributed by atoms with Crippen molar-refractivity contribution in [1.29, 1.82) is 0 Å². The van der Waals surface area contributed by atoms with Gasteiger partial charge in [-0.1, -0.05) is 19.3 Å². The van der Waals surface area contributed by atoms with E-state index in [0.717, 1.165) is 80.8 Å². The van der Waals surface area contributed by atoms with Crippen molar-refractivity contribution in [1.82, 2.24) is 14.7 Å². The monoisotopic (exact) mass is 363 g/mol. The number of aliphatic hydroxyl groups is 1. The van der Waals surface area contributed by atoms with E-state index in [4.69, 9.17) is 0 Å². The van der Waals surface area contributed by atoms with E-state index in [0.29, 0.717) is 12.6 Å². The summed E-state index contributed by atoms with van der Waals surface area (Å²) in [4.78, 5) is 14.9. The van der Waals surface area contributed by atoms with Gasteiger partial charge >= 0.3 is 0 Å². The molecule has 2 aliphatic heterocycles. The van der Waals surface area contributed by atoms with Crippen molar-refractivity contribution in [2.75, 3.05) is 18.8 Å². The van der Waals surface area contributed by atoms with Gasteiger partial charge in [-0.25, -0.2) is 4.68 Å². The first-order chi connectivity index (χ1) is 12.1. The number of aromatic nitrogens is 2. The number of aryl methyl sites for hydroxylation is 1. The average Bonchev–Trinajstić information content (AvgIpc) is 3.02. The molecular weight excluding hydrogens is 334 g/mol. The molecule has 138 valence electrons. The van der Waals surface area contributed by atoms with Gasteiger partial charge in [0.25, 0.3) is 5.56 Å². The van der Waals surface area contributed by atoms with Crippen molar-refractivity contribution in [3.8, 4) is 0 Å². The molecule has 1 N–H and O–H groups in total. The molecule has 1 aromatic rings. The zero-order valence-electron chi connectivity index (χ0n) is 15.0. The van der Waals surface area contributed by atoms with Crippen molar-refractivity contribution in [2.45, 2.75) is 75.3 Å². The van der Waals surface area contributed by atoms with Crippen LogP contribution in [0.5, 0.6) is 0 Å². The van der Waals surface area contributed by atoms with Crippen LogP contribution >= 0.6 is 11.8 Å². The third kappa shape index (κ3) is 3.96. The average molecular weight is 364 g/mol. The summed E-state index contributed by atoms with van der Waals surface area (Å²) in [6.07, 6.45) is 8.58. The molecule has 0 bridgehead atoms. The molecule has 0 amide bonds. The smallest absolute Gasteiger partial charge is 0.267 e. The van der Waals surface area contributed by atoms with Crippen molar-refractivity contribution in [3.05, 3.63) is 27.7 Å². The Hall–Kier alpha value is -0.850. The Balaban J connectivity index is 1.47. The summed E-state index contributed by atoms with van der Waals surface area (Å²) in [7, 11) is 0. The number of β-amino-alcohol motifs (C(OH)–C–C–N with tert-alkyl or cyclic N) is 1. The van der Waals surface area contributed by atoms with Gasteiger partial charge in [0.05, 0.1) is 17.8 Å². The van der Waals surface area contributed by atoms with Crippen LogP contribution in [-0.4, -0.2) is 50.3 Å². The number of fused-ring (bicyclic) bond motifs is 1. The van der Waals surface area contributed by atoms with Crippen LogP contribution in [0.25, 0.3) is 0 Å². The minimum absolute atomic E-state index is 0.0319. The fourth-order valence-electron chi connectivity index (χ4n) is 4.64. The number of nitrogens with zero attached hydrogens (tertiary/aromatic N) is 3. The van der Waals surface area contributed by atoms with Gasteiger partial charge in [-0.05, 0) is 43.5 Å². The number of hydrogen-bond acceptors (Lipinski definition) is 5. The summed E-state index contributed by atoms with van der Waals surface area (Å²) in [6, 6.07) is 2.12. The van der Waals surface area contributed by atoms with Crippen LogP contribution in [-0.2, 0) is 18.7 Å². The summed E-state index contributed by atoms with van der Waals surface area (Å²) in [5.41, 5.74) is 1.74. The Morgan fingerprint density at radius 1 is 1.28 bits per heavy atom. The molecule has 3 aliphatic rings. The van der Waals surface area contributed by atoms with Gasteiger partial charge in [0.15, 0.2) is 0 Å². The molecule has 5 nitrogen and oxygen atoms in total. The molecule has 1 unspecified atom stereocenters. The summed E-state index contributed by atoms with van der Waals surface area (Å²) >= 11 is 1.88. The minimum Gasteiger partial charge on any atom is -0.389 e. The fraction of sp³-hybridized carbons (Fsp3) is 0.789. The zero-order chi connectivity index (χ0) is 17.3. The third-order valence-corrected chi connectivity index (χ3v) is 7.08. The van der Waals surface area contributed by atoms with Crippen molar-refractivity contribution in [3.63, 3.8) is 0 Å². The standard InChI is InChI=1S/C19H29N3O2S/c23-18-11-15-13-25-10-6-17(15)20-22(18)12-16-5-4-9-21(16)14-19(24)7-2-1-3-8-19/h11,16,24H,1-10,12-14H2. The largest absolute Gasteiger partial charge is 0.389 e. The molecule has 0 radical (unpaired) electrons. The van der Waals surface area contributed by atoms with Crippen LogP contribution in [0.4, 0.5) is 0 Å². The van der Waals surface area contributed by atoms with Gasteiger partial charge in [0.2, 0.25) is 0 Å². The van der Waals surface area contributed by atoms with Crippen LogP contribution < -0.4 is 5.56 Å². The molecule has 1 saturated carbocycles. The molecule has 1 aliphatic carbocycles. The normalized spacial score (nSPS) is 26.5. The molecular formula is C19H29N3O2S. The van der Waals surface area contributed by atoms with E-state index in [1.165, 1.54) is 6.42 Å². The van der Waals surface area contributed by atoms with Crippen molar-refractivity contribution >= 4 is 11.8 Å². The van der Waals surface area contributed by atoms with Crippen molar-refractivity contribution < 1.29 is 5.11 Å². The van der Waals surface area contributed by atoms with Crippen LogP contribution in [0.1, 0.15) is 56.2 Å². The predicted molar refractivity (Wildman–Crippen MR) is 101 cm³/mol. The first kappa shape index (κ1) is 17.6. The highest BCUT2D eigenvalue weighted by Crippen LogP contribution is 2.31. The molecule has 1 aromatic heterocycles. The summed E-state index contributed by atoms with van der Waals surface area (Å²) in [6.45, 7) is 2.45. The first-order valence-corrected chi connectivity index (χ1v) is 10.9. The Bertz CT molecular complexity index is 669. The second kappa shape index (κ2) is 7.41. The molecule has 4 rings (SSSR count). The highest BCUT2D eigenvalue weighted by atomic mass is 32.2. The van der Waals surface area contributed by atoms with E-state index in [1.54, 1.807) is 10.7 Å². The van der Waals surface area contributed by atoms with E-state index < -0.39 is 5.60 Å². The SMILES string of the molecule is O=c1cc2c(nn1CC1CCCN1CC1(O)CCCCC1)CCSC2. The van der Waals surface area contributed by atoms with Crippen LogP contribution in [0.3, 0.4) is 0 Å². The maximum atomic E-state index is 12.5. The van der Waals surface area contributed by atoms with E-state index in [-0.39, 0.29) is 5.56 Å². The second-order valence-corrected chi connectivity index (χ2v) is 9.10. The maximum absolute atomic E-state index is 12.5. The molecule has 0 spiro atoms. The molecule has 0 aromatic carbocycles. The minimum atomic E-state index is -0.522.